The molecule has 0 aliphatic carbocycles. The number of nitrogens with zero attached hydrogens (tertiary/aromatic N) is 1. The van der Waals surface area contributed by atoms with Crippen molar-refractivity contribution in [2.45, 2.75) is 46.7 Å². The minimum Gasteiger partial charge on any atom is -0.490 e. The van der Waals surface area contributed by atoms with Gasteiger partial charge in [-0.05, 0) is 52.3 Å². The fraction of sp³-hybridized carbons (Fsp3) is 0.600. The Balaban J connectivity index is 2.52. The number of anilines is 1. The third-order valence-electron chi connectivity index (χ3n) is 3.10. The fourth-order valence-electron chi connectivity index (χ4n) is 2.14. The molecule has 3 nitrogen and oxygen atoms in total. The highest BCUT2D eigenvalue weighted by Gasteiger charge is 2.13. The summed E-state index contributed by atoms with van der Waals surface area (Å²) in [7, 11) is 0. The van der Waals surface area contributed by atoms with Gasteiger partial charge in [-0.1, -0.05) is 6.07 Å². The summed E-state index contributed by atoms with van der Waals surface area (Å²) in [5, 5.41) is 0. The number of hydrogen-bond acceptors (Lipinski definition) is 3. The van der Waals surface area contributed by atoms with Gasteiger partial charge in [0, 0.05) is 18.6 Å². The monoisotopic (exact) mass is 250 g/mol. The molecule has 102 valence electrons. The van der Waals surface area contributed by atoms with Gasteiger partial charge in [0.2, 0.25) is 0 Å². The summed E-state index contributed by atoms with van der Waals surface area (Å²) in [5.74, 6) is 0.794. The molecule has 0 aliphatic heterocycles. The average Bonchev–Trinajstić information content (AvgIpc) is 2.27. The average molecular weight is 250 g/mol. The van der Waals surface area contributed by atoms with E-state index in [0.29, 0.717) is 24.4 Å². The van der Waals surface area contributed by atoms with Crippen molar-refractivity contribution in [1.29, 1.82) is 0 Å². The van der Waals surface area contributed by atoms with Crippen molar-refractivity contribution in [2.24, 2.45) is 0 Å². The van der Waals surface area contributed by atoms with Crippen LogP contribution in [0.5, 0.6) is 5.75 Å². The molecule has 1 rings (SSSR count). The topological polar surface area (TPSA) is 38.5 Å². The van der Waals surface area contributed by atoms with E-state index in [2.05, 4.69) is 32.6 Å². The van der Waals surface area contributed by atoms with Gasteiger partial charge in [0.25, 0.3) is 0 Å². The molecule has 18 heavy (non-hydrogen) atoms. The number of ether oxygens (including phenoxy) is 1. The zero-order chi connectivity index (χ0) is 13.7. The van der Waals surface area contributed by atoms with E-state index >= 15 is 0 Å². The van der Waals surface area contributed by atoms with Gasteiger partial charge in [-0.15, -0.1) is 0 Å². The summed E-state index contributed by atoms with van der Waals surface area (Å²) in [5.41, 5.74) is 7.77. The van der Waals surface area contributed by atoms with Gasteiger partial charge in [-0.3, -0.25) is 4.90 Å². The third-order valence-corrected chi connectivity index (χ3v) is 3.10. The largest absolute Gasteiger partial charge is 0.490 e. The van der Waals surface area contributed by atoms with E-state index in [-0.39, 0.29) is 0 Å². The van der Waals surface area contributed by atoms with Gasteiger partial charge in [-0.25, -0.2) is 0 Å². The van der Waals surface area contributed by atoms with E-state index in [1.807, 2.05) is 25.1 Å². The zero-order valence-electron chi connectivity index (χ0n) is 12.2. The molecule has 0 atom stereocenters. The van der Waals surface area contributed by atoms with E-state index in [0.717, 1.165) is 12.3 Å². The van der Waals surface area contributed by atoms with E-state index in [9.17, 15) is 0 Å². The van der Waals surface area contributed by atoms with E-state index < -0.39 is 0 Å². The third kappa shape index (κ3) is 4.22. The first-order valence-corrected chi connectivity index (χ1v) is 6.66. The highest BCUT2D eigenvalue weighted by Crippen LogP contribution is 2.22. The molecule has 0 saturated heterocycles. The van der Waals surface area contributed by atoms with Gasteiger partial charge in [0.15, 0.2) is 0 Å². The summed E-state index contributed by atoms with van der Waals surface area (Å²) in [6.45, 7) is 12.5. The molecular formula is C15H26N2O. The van der Waals surface area contributed by atoms with Gasteiger partial charge in [-0.2, -0.15) is 0 Å². The number of aryl methyl sites for hydroxylation is 1. The summed E-state index contributed by atoms with van der Waals surface area (Å²) in [6, 6.07) is 6.95. The smallest absolute Gasteiger partial charge is 0.142 e. The Morgan fingerprint density at radius 2 is 1.78 bits per heavy atom. The molecule has 0 aromatic heterocycles. The molecule has 2 N–H and O–H groups in total. The molecule has 1 aromatic carbocycles. The Morgan fingerprint density at radius 3 is 2.33 bits per heavy atom. The Bertz CT molecular complexity index is 367. The molecule has 0 radical (unpaired) electrons. The zero-order valence-corrected chi connectivity index (χ0v) is 12.2. The number of benzene rings is 1. The standard InChI is InChI=1S/C15H26N2O/c1-11(2)17(12(3)4)8-9-18-15-10-13(5)6-7-14(15)16/h6-7,10-12H,8-9,16H2,1-5H3. The normalized spacial score (nSPS) is 11.6. The van der Waals surface area contributed by atoms with Crippen molar-refractivity contribution in [2.75, 3.05) is 18.9 Å². The quantitative estimate of drug-likeness (QED) is 0.789. The van der Waals surface area contributed by atoms with Crippen LogP contribution in [-0.4, -0.2) is 30.1 Å². The van der Waals surface area contributed by atoms with Crippen LogP contribution >= 0.6 is 0 Å². The van der Waals surface area contributed by atoms with Crippen molar-refractivity contribution in [1.82, 2.24) is 4.90 Å². The first kappa shape index (κ1) is 14.8. The van der Waals surface area contributed by atoms with Crippen molar-refractivity contribution in [3.63, 3.8) is 0 Å². The molecule has 1 aromatic rings. The van der Waals surface area contributed by atoms with Gasteiger partial charge < -0.3 is 10.5 Å². The van der Waals surface area contributed by atoms with Crippen molar-refractivity contribution in [3.8, 4) is 5.75 Å². The van der Waals surface area contributed by atoms with Crippen LogP contribution in [0, 0.1) is 6.92 Å². The second-order valence-electron chi connectivity index (χ2n) is 5.32. The molecular weight excluding hydrogens is 224 g/mol. The SMILES string of the molecule is Cc1ccc(N)c(OCCN(C(C)C)C(C)C)c1. The van der Waals surface area contributed by atoms with E-state index in [1.54, 1.807) is 0 Å². The number of nitrogens with two attached hydrogens (primary N) is 1. The molecule has 0 unspecified atom stereocenters. The molecule has 0 aliphatic rings. The predicted molar refractivity (Wildman–Crippen MR) is 78.1 cm³/mol. The lowest BCUT2D eigenvalue weighted by atomic mass is 10.2. The van der Waals surface area contributed by atoms with Crippen LogP contribution in [0.1, 0.15) is 33.3 Å². The lowest BCUT2D eigenvalue weighted by Gasteiger charge is -2.30. The number of hydrogen-bond donors (Lipinski definition) is 1. The molecule has 0 fully saturated rings. The highest BCUT2D eigenvalue weighted by atomic mass is 16.5. The molecule has 0 saturated carbocycles. The van der Waals surface area contributed by atoms with Crippen LogP contribution in [0.3, 0.4) is 0 Å². The predicted octanol–water partition coefficient (Wildman–Crippen LogP) is 3.07. The minimum absolute atomic E-state index is 0.531. The van der Waals surface area contributed by atoms with Gasteiger partial charge in [0.1, 0.15) is 12.4 Å². The van der Waals surface area contributed by atoms with Crippen LogP contribution in [0.2, 0.25) is 0 Å². The molecule has 3 heteroatoms. The Hall–Kier alpha value is -1.22. The van der Waals surface area contributed by atoms with Crippen LogP contribution < -0.4 is 10.5 Å². The van der Waals surface area contributed by atoms with Crippen LogP contribution in [0.15, 0.2) is 18.2 Å². The summed E-state index contributed by atoms with van der Waals surface area (Å²) in [4.78, 5) is 2.41. The Labute approximate surface area is 111 Å². The number of rotatable bonds is 6. The first-order chi connectivity index (χ1) is 8.41. The molecule has 0 spiro atoms. The first-order valence-electron chi connectivity index (χ1n) is 6.66. The van der Waals surface area contributed by atoms with E-state index in [1.165, 1.54) is 5.56 Å². The Morgan fingerprint density at radius 1 is 1.17 bits per heavy atom. The second-order valence-corrected chi connectivity index (χ2v) is 5.32. The highest BCUT2D eigenvalue weighted by molar-refractivity contribution is 5.53. The van der Waals surface area contributed by atoms with Crippen LogP contribution in [0.25, 0.3) is 0 Å². The molecule has 0 heterocycles. The van der Waals surface area contributed by atoms with Gasteiger partial charge in [0.05, 0.1) is 5.69 Å². The maximum Gasteiger partial charge on any atom is 0.142 e. The minimum atomic E-state index is 0.531. The van der Waals surface area contributed by atoms with Crippen LogP contribution in [-0.2, 0) is 0 Å². The van der Waals surface area contributed by atoms with Crippen molar-refractivity contribution < 1.29 is 4.74 Å². The molecule has 0 amide bonds. The number of nitrogen functional groups attached to an aromatic ring is 1. The second kappa shape index (κ2) is 6.64. The van der Waals surface area contributed by atoms with Crippen LogP contribution in [0.4, 0.5) is 5.69 Å². The Kier molecular flexibility index (Phi) is 5.48. The maximum atomic E-state index is 5.89. The summed E-state index contributed by atoms with van der Waals surface area (Å²) < 4.78 is 5.78. The van der Waals surface area contributed by atoms with E-state index in [4.69, 9.17) is 10.5 Å². The van der Waals surface area contributed by atoms with Gasteiger partial charge >= 0.3 is 0 Å². The molecule has 0 bridgehead atoms. The maximum absolute atomic E-state index is 5.89. The van der Waals surface area contributed by atoms with Crippen molar-refractivity contribution in [3.05, 3.63) is 23.8 Å². The van der Waals surface area contributed by atoms with Crippen molar-refractivity contribution >= 4 is 5.69 Å². The fourth-order valence-corrected chi connectivity index (χ4v) is 2.14. The summed E-state index contributed by atoms with van der Waals surface area (Å²) >= 11 is 0. The summed E-state index contributed by atoms with van der Waals surface area (Å²) in [6.07, 6.45) is 0. The lowest BCUT2D eigenvalue weighted by Crippen LogP contribution is -2.39. The lowest BCUT2D eigenvalue weighted by molar-refractivity contribution is 0.142.